The van der Waals surface area contributed by atoms with E-state index in [0.717, 1.165) is 0 Å². The van der Waals surface area contributed by atoms with Crippen LogP contribution in [0.3, 0.4) is 0 Å². The van der Waals surface area contributed by atoms with E-state index in [0.29, 0.717) is 0 Å². The molecule has 0 spiro atoms. The van der Waals surface area contributed by atoms with Crippen LogP contribution in [0.2, 0.25) is 0 Å². The molecule has 1 amide bonds. The number of quaternary nitrogens is 1. The Kier molecular flexibility index (Phi) is 15.6. The van der Waals surface area contributed by atoms with Crippen LogP contribution in [0.25, 0.3) is 0 Å². The van der Waals surface area contributed by atoms with Gasteiger partial charge in [0.2, 0.25) is 5.91 Å². The van der Waals surface area contributed by atoms with E-state index >= 15 is 0 Å². The second-order valence-electron chi connectivity index (χ2n) is 12.8. The molecule has 5 nitrogen and oxygen atoms in total. The van der Waals surface area contributed by atoms with Crippen molar-refractivity contribution in [2.45, 2.75) is 96.0 Å². The van der Waals surface area contributed by atoms with Gasteiger partial charge in [-0.3, -0.25) is 4.79 Å². The maximum Gasteiger partial charge on any atom is 0.460 e. The van der Waals surface area contributed by atoms with E-state index in [2.05, 4.69) is 0 Å². The van der Waals surface area contributed by atoms with Crippen LogP contribution in [-0.4, -0.2) is 145 Å². The number of halogens is 29. The average molecular weight is 980 g/mol. The molecule has 0 heterocycles. The van der Waals surface area contributed by atoms with Crippen molar-refractivity contribution in [3.63, 3.8) is 0 Å². The van der Waals surface area contributed by atoms with Crippen LogP contribution in [0.4, 0.5) is 127 Å². The summed E-state index contributed by atoms with van der Waals surface area (Å²) in [4.78, 5) is 22.3. The summed E-state index contributed by atoms with van der Waals surface area (Å²) in [5.74, 6) is -127. The van der Waals surface area contributed by atoms with Crippen molar-refractivity contribution in [1.29, 1.82) is 0 Å². The second kappa shape index (κ2) is 16.4. The molecule has 35 heteroatoms. The third kappa shape index (κ3) is 8.88. The lowest BCUT2D eigenvalue weighted by atomic mass is 9.83. The number of carbonyl (C=O) groups excluding carboxylic acids is 2. The molecule has 0 atom stereocenters. The number of alkyl halides is 29. The SMILES string of the molecule is C[N+](C)(CCCNC(=O)CSCCC(F)(F)C(F)(F)C(F)(F)C(F)(F)C(F)(F)C(F)(F)C(F)(F)C(F)(F)C(F)(F)C(F)(F)C(F)(F)C(F)(F)C(F)(F)C(F)(F)F)CC(=O)[O-]. The topological polar surface area (TPSA) is 69.2 Å². The summed E-state index contributed by atoms with van der Waals surface area (Å²) in [6, 6.07) is 0. The first-order chi connectivity index (χ1) is 25.8. The van der Waals surface area contributed by atoms with Crippen LogP contribution in [0, 0.1) is 0 Å². The Labute approximate surface area is 317 Å². The van der Waals surface area contributed by atoms with E-state index in [1.807, 2.05) is 5.32 Å². The first kappa shape index (κ1) is 57.2. The molecule has 0 aliphatic rings. The fourth-order valence-electron chi connectivity index (χ4n) is 4.12. The summed E-state index contributed by atoms with van der Waals surface area (Å²) < 4.78 is 396. The first-order valence-electron chi connectivity index (χ1n) is 14.6. The predicted molar refractivity (Wildman–Crippen MR) is 137 cm³/mol. The number of aliphatic carboxylic acids is 1. The fourth-order valence-corrected chi connectivity index (χ4v) is 4.95. The quantitative estimate of drug-likeness (QED) is 0.0637. The molecular weight excluding hydrogens is 959 g/mol. The zero-order valence-electron chi connectivity index (χ0n) is 28.5. The van der Waals surface area contributed by atoms with Gasteiger partial charge < -0.3 is 19.7 Å². The zero-order chi connectivity index (χ0) is 49.0. The number of nitrogens with zero attached hydrogens (tertiary/aromatic N) is 1. The van der Waals surface area contributed by atoms with Gasteiger partial charge in [-0.05, 0) is 5.75 Å². The Hall–Kier alpha value is -2.78. The lowest BCUT2D eigenvalue weighted by molar-refractivity contribution is -0.884. The average Bonchev–Trinajstić information content (AvgIpc) is 3.02. The molecule has 0 fully saturated rings. The van der Waals surface area contributed by atoms with E-state index in [1.165, 1.54) is 14.1 Å². The van der Waals surface area contributed by atoms with E-state index in [-0.39, 0.29) is 35.8 Å². The number of amides is 1. The highest BCUT2D eigenvalue weighted by Gasteiger charge is 3.00. The minimum atomic E-state index is -9.97. The molecule has 358 valence electrons. The molecule has 1 N–H and O–H groups in total. The normalized spacial score (nSPS) is 16.0. The molecule has 0 aliphatic heterocycles. The zero-order valence-corrected chi connectivity index (χ0v) is 29.3. The lowest BCUT2D eigenvalue weighted by Crippen LogP contribution is -2.79. The van der Waals surface area contributed by atoms with Crippen LogP contribution >= 0.6 is 11.8 Å². The second-order valence-corrected chi connectivity index (χ2v) is 13.9. The Morgan fingerprint density at radius 2 is 0.767 bits per heavy atom. The largest absolute Gasteiger partial charge is 0.544 e. The van der Waals surface area contributed by atoms with Gasteiger partial charge in [0.1, 0.15) is 6.54 Å². The molecule has 0 aromatic heterocycles. The number of carboxylic acid groups (broad SMARTS) is 1. The number of hydrogen-bond acceptors (Lipinski definition) is 4. The number of carbonyl (C=O) groups is 2. The highest BCUT2D eigenvalue weighted by Crippen LogP contribution is 2.69. The van der Waals surface area contributed by atoms with Crippen molar-refractivity contribution in [3.05, 3.63) is 0 Å². The van der Waals surface area contributed by atoms with Gasteiger partial charge in [0.05, 0.1) is 32.4 Å². The van der Waals surface area contributed by atoms with Crippen LogP contribution in [0.1, 0.15) is 12.8 Å². The molecule has 0 saturated carbocycles. The first-order valence-corrected chi connectivity index (χ1v) is 15.8. The van der Waals surface area contributed by atoms with Crippen molar-refractivity contribution >= 4 is 23.6 Å². The smallest absolute Gasteiger partial charge is 0.460 e. The van der Waals surface area contributed by atoms with Crippen LogP contribution in [-0.2, 0) is 9.59 Å². The summed E-state index contributed by atoms with van der Waals surface area (Å²) in [7, 11) is 2.72. The standard InChI is InChI=1S/C25H21F29N2O3S/c1-56(2,8-11(58)59)6-3-5-55-10(57)9-60-7-4-12(26,27)13(28,29)14(30,31)15(32,33)16(34,35)17(36,37)18(38,39)19(40,41)20(42,43)21(44,45)22(46,47)23(48,49)24(50,51)25(52,53)54/h3-9H2,1-2H3,(H-,55,57,58,59). The molecule has 60 heavy (non-hydrogen) atoms. The van der Waals surface area contributed by atoms with Crippen molar-refractivity contribution in [2.24, 2.45) is 0 Å². The highest BCUT2D eigenvalue weighted by molar-refractivity contribution is 7.99. The molecule has 0 aromatic carbocycles. The van der Waals surface area contributed by atoms with E-state index < -0.39 is 120 Å². The lowest BCUT2D eigenvalue weighted by Gasteiger charge is -2.46. The number of nitrogens with one attached hydrogen (secondary N) is 1. The summed E-state index contributed by atoms with van der Waals surface area (Å²) in [5.41, 5.74) is 0. The fraction of sp³-hybridized carbons (Fsp3) is 0.920. The Bertz CT molecular complexity index is 1530. The molecule has 0 saturated heterocycles. The molecule has 0 bridgehead atoms. The summed E-state index contributed by atoms with van der Waals surface area (Å²) in [5, 5.41) is 12.6. The van der Waals surface area contributed by atoms with Gasteiger partial charge in [-0.1, -0.05) is 0 Å². The third-order valence-corrected chi connectivity index (χ3v) is 8.73. The van der Waals surface area contributed by atoms with Crippen LogP contribution < -0.4 is 10.4 Å². The van der Waals surface area contributed by atoms with Gasteiger partial charge in [-0.25, -0.2) is 0 Å². The molecule has 0 rings (SSSR count). The number of likely N-dealkylation sites (N-methyl/N-ethyl adjacent to an activating group) is 1. The van der Waals surface area contributed by atoms with Gasteiger partial charge in [0, 0.05) is 19.4 Å². The summed E-state index contributed by atoms with van der Waals surface area (Å²) >= 11 is -0.308. The molecule has 0 aliphatic carbocycles. The third-order valence-electron chi connectivity index (χ3n) is 7.77. The van der Waals surface area contributed by atoms with Gasteiger partial charge >= 0.3 is 83.2 Å². The Morgan fingerprint density at radius 3 is 1.05 bits per heavy atom. The minimum Gasteiger partial charge on any atom is -0.544 e. The minimum absolute atomic E-state index is 0.00747. The van der Waals surface area contributed by atoms with Crippen LogP contribution in [0.15, 0.2) is 0 Å². The molecular formula is C25H21F29N2O3S. The Morgan fingerprint density at radius 1 is 0.483 bits per heavy atom. The van der Waals surface area contributed by atoms with Gasteiger partial charge in [-0.2, -0.15) is 139 Å². The van der Waals surface area contributed by atoms with Crippen LogP contribution in [0.5, 0.6) is 0 Å². The summed E-state index contributed by atoms with van der Waals surface area (Å²) in [6.07, 6.45) is -11.4. The summed E-state index contributed by atoms with van der Waals surface area (Å²) in [6.45, 7) is -0.872. The molecule has 0 aromatic rings. The maximum atomic E-state index is 14.1. The number of hydrogen-bond donors (Lipinski definition) is 1. The van der Waals surface area contributed by atoms with Crippen molar-refractivity contribution < 1.29 is 147 Å². The van der Waals surface area contributed by atoms with Gasteiger partial charge in [0.15, 0.2) is 0 Å². The monoisotopic (exact) mass is 980 g/mol. The van der Waals surface area contributed by atoms with E-state index in [1.54, 1.807) is 0 Å². The Balaban J connectivity index is 6.64. The van der Waals surface area contributed by atoms with Gasteiger partial charge in [-0.15, -0.1) is 0 Å². The maximum absolute atomic E-state index is 14.1. The van der Waals surface area contributed by atoms with Crippen molar-refractivity contribution in [2.75, 3.05) is 45.2 Å². The highest BCUT2D eigenvalue weighted by atomic mass is 32.2. The number of rotatable bonds is 23. The molecule has 0 radical (unpaired) electrons. The molecule has 0 unspecified atom stereocenters. The number of carboxylic acids is 1. The van der Waals surface area contributed by atoms with Crippen molar-refractivity contribution in [1.82, 2.24) is 5.32 Å². The van der Waals surface area contributed by atoms with E-state index in [9.17, 15) is 142 Å². The predicted octanol–water partition coefficient (Wildman–Crippen LogP) is 8.26. The van der Waals surface area contributed by atoms with Crippen molar-refractivity contribution in [3.8, 4) is 0 Å². The number of thioether (sulfide) groups is 1. The van der Waals surface area contributed by atoms with Gasteiger partial charge in [0.25, 0.3) is 0 Å². The van der Waals surface area contributed by atoms with E-state index in [4.69, 9.17) is 0 Å².